The predicted molar refractivity (Wildman–Crippen MR) is 159 cm³/mol. The van der Waals surface area contributed by atoms with Crippen molar-refractivity contribution < 1.29 is 0 Å². The smallest absolute Gasteiger partial charge is 0.0543 e. The van der Waals surface area contributed by atoms with Gasteiger partial charge in [-0.25, -0.2) is 0 Å². The summed E-state index contributed by atoms with van der Waals surface area (Å²) >= 11 is 3.61. The van der Waals surface area contributed by atoms with Gasteiger partial charge in [-0.05, 0) is 77.2 Å². The van der Waals surface area contributed by atoms with E-state index in [9.17, 15) is 0 Å². The fourth-order valence-electron chi connectivity index (χ4n) is 5.30. The molecule has 4 aromatic rings. The number of hydrogen-bond donors (Lipinski definition) is 0. The van der Waals surface area contributed by atoms with Crippen LogP contribution in [0.3, 0.4) is 0 Å². The van der Waals surface area contributed by atoms with Crippen LogP contribution in [0.15, 0.2) is 126 Å². The van der Waals surface area contributed by atoms with Gasteiger partial charge in [-0.15, -0.1) is 0 Å². The predicted octanol–water partition coefficient (Wildman–Crippen LogP) is 10.4. The Morgan fingerprint density at radius 1 is 0.806 bits per heavy atom. The second-order valence-corrected chi connectivity index (χ2v) is 10.5. The van der Waals surface area contributed by atoms with Gasteiger partial charge in [-0.2, -0.15) is 0 Å². The van der Waals surface area contributed by atoms with Crippen molar-refractivity contribution in [2.45, 2.75) is 26.2 Å². The van der Waals surface area contributed by atoms with Crippen LogP contribution in [0.5, 0.6) is 0 Å². The van der Waals surface area contributed by atoms with E-state index in [1.165, 1.54) is 27.9 Å². The largest absolute Gasteiger partial charge is 0.310 e. The molecule has 0 unspecified atom stereocenters. The molecule has 0 N–H and O–H groups in total. The van der Waals surface area contributed by atoms with Gasteiger partial charge in [0.25, 0.3) is 0 Å². The Balaban J connectivity index is 1.72. The second kappa shape index (κ2) is 9.79. The van der Waals surface area contributed by atoms with E-state index in [2.05, 4.69) is 144 Å². The first-order chi connectivity index (χ1) is 17.5. The molecule has 0 aliphatic heterocycles. The van der Waals surface area contributed by atoms with E-state index in [-0.39, 0.29) is 5.41 Å². The average Bonchev–Trinajstić information content (AvgIpc) is 3.13. The highest BCUT2D eigenvalue weighted by Crippen LogP contribution is 2.54. The summed E-state index contributed by atoms with van der Waals surface area (Å²) in [5, 5.41) is 0. The number of anilines is 3. The average molecular weight is 533 g/mol. The molecule has 0 radical (unpaired) electrons. The molecule has 1 nitrogen and oxygen atoms in total. The molecule has 5 rings (SSSR count). The number of halogens is 1. The lowest BCUT2D eigenvalue weighted by molar-refractivity contribution is 0.660. The first kappa shape index (κ1) is 24.1. The Bertz CT molecular complexity index is 1470. The topological polar surface area (TPSA) is 3.24 Å². The van der Waals surface area contributed by atoms with E-state index in [0.717, 1.165) is 27.0 Å². The lowest BCUT2D eigenvalue weighted by atomic mass is 9.82. The molecule has 4 aromatic carbocycles. The molecule has 178 valence electrons. The number of rotatable bonds is 6. The van der Waals surface area contributed by atoms with E-state index < -0.39 is 0 Å². The van der Waals surface area contributed by atoms with Crippen LogP contribution in [0.25, 0.3) is 16.7 Å². The molecule has 0 atom stereocenters. The van der Waals surface area contributed by atoms with Gasteiger partial charge in [0.05, 0.1) is 5.69 Å². The zero-order valence-electron chi connectivity index (χ0n) is 21.0. The van der Waals surface area contributed by atoms with Gasteiger partial charge >= 0.3 is 0 Å². The monoisotopic (exact) mass is 531 g/mol. The van der Waals surface area contributed by atoms with Crippen molar-refractivity contribution in [3.63, 3.8) is 0 Å². The minimum Gasteiger partial charge on any atom is -0.310 e. The van der Waals surface area contributed by atoms with Crippen molar-refractivity contribution in [3.05, 3.63) is 143 Å². The summed E-state index contributed by atoms with van der Waals surface area (Å²) in [6.07, 6.45) is 8.06. The summed E-state index contributed by atoms with van der Waals surface area (Å²) in [4.78, 5) is 2.37. The van der Waals surface area contributed by atoms with E-state index in [1.807, 2.05) is 19.1 Å². The molecule has 2 heteroatoms. The number of benzene rings is 4. The van der Waals surface area contributed by atoms with Crippen LogP contribution in [0.2, 0.25) is 0 Å². The van der Waals surface area contributed by atoms with Crippen molar-refractivity contribution in [1.82, 2.24) is 0 Å². The maximum absolute atomic E-state index is 3.88. The summed E-state index contributed by atoms with van der Waals surface area (Å²) in [6.45, 7) is 10.6. The van der Waals surface area contributed by atoms with Gasteiger partial charge in [-0.3, -0.25) is 0 Å². The highest BCUT2D eigenvalue weighted by molar-refractivity contribution is 9.10. The molecule has 1 aliphatic carbocycles. The van der Waals surface area contributed by atoms with Crippen LogP contribution in [0.4, 0.5) is 17.1 Å². The Morgan fingerprint density at radius 3 is 2.11 bits per heavy atom. The summed E-state index contributed by atoms with van der Waals surface area (Å²) in [5.41, 5.74) is 11.1. The van der Waals surface area contributed by atoms with Gasteiger partial charge in [0.2, 0.25) is 0 Å². The van der Waals surface area contributed by atoms with E-state index >= 15 is 0 Å². The number of nitrogens with zero attached hydrogens (tertiary/aromatic N) is 1. The van der Waals surface area contributed by atoms with Gasteiger partial charge in [-0.1, -0.05) is 109 Å². The quantitative estimate of drug-likeness (QED) is 0.223. The summed E-state index contributed by atoms with van der Waals surface area (Å²) in [6, 6.07) is 32.9. The first-order valence-corrected chi connectivity index (χ1v) is 13.1. The highest BCUT2D eigenvalue weighted by atomic mass is 79.9. The fraction of sp³-hybridized carbons (Fsp3) is 0.118. The lowest BCUT2D eigenvalue weighted by Crippen LogP contribution is -2.16. The van der Waals surface area contributed by atoms with Gasteiger partial charge in [0.1, 0.15) is 0 Å². The van der Waals surface area contributed by atoms with E-state index in [0.29, 0.717) is 0 Å². The van der Waals surface area contributed by atoms with Crippen LogP contribution in [0, 0.1) is 0 Å². The van der Waals surface area contributed by atoms with Crippen LogP contribution in [-0.4, -0.2) is 0 Å². The maximum atomic E-state index is 3.88. The van der Waals surface area contributed by atoms with Gasteiger partial charge < -0.3 is 4.90 Å². The molecule has 0 aromatic heterocycles. The van der Waals surface area contributed by atoms with Crippen molar-refractivity contribution in [2.75, 3.05) is 4.90 Å². The highest BCUT2D eigenvalue weighted by Gasteiger charge is 2.37. The standard InChI is InChI=1S/C34H30BrN/c1-5-10-24(11-6-2)25-16-20-27(21-17-25)36(28-22-18-26(35)19-23-28)32-15-9-14-31-33(32)29-12-7-8-13-30(29)34(31,3)4/h5-23H,1H2,2-4H3/b11-6-,24-10+. The van der Waals surface area contributed by atoms with Crippen molar-refractivity contribution >= 4 is 38.6 Å². The molecule has 1 aliphatic rings. The number of hydrogen-bond acceptors (Lipinski definition) is 1. The minimum absolute atomic E-state index is 0.0476. The third-order valence-corrected chi connectivity index (χ3v) is 7.54. The van der Waals surface area contributed by atoms with Crippen LogP contribution >= 0.6 is 15.9 Å². The van der Waals surface area contributed by atoms with Crippen molar-refractivity contribution in [2.24, 2.45) is 0 Å². The van der Waals surface area contributed by atoms with Gasteiger partial charge in [0, 0.05) is 26.8 Å². The lowest BCUT2D eigenvalue weighted by Gasteiger charge is -2.29. The SMILES string of the molecule is C=C/C=C(\C=C/C)c1ccc(N(c2ccc(Br)cc2)c2cccc3c2-c2ccccc2C3(C)C)cc1. The number of fused-ring (bicyclic) bond motifs is 3. The Morgan fingerprint density at radius 2 is 1.44 bits per heavy atom. The van der Waals surface area contributed by atoms with E-state index in [1.54, 1.807) is 0 Å². The number of allylic oxidation sites excluding steroid dienone is 5. The molecule has 0 fully saturated rings. The maximum Gasteiger partial charge on any atom is 0.0543 e. The molecule has 0 bridgehead atoms. The van der Waals surface area contributed by atoms with Crippen LogP contribution < -0.4 is 4.90 Å². The molecule has 0 spiro atoms. The van der Waals surface area contributed by atoms with Crippen LogP contribution in [0.1, 0.15) is 37.5 Å². The summed E-state index contributed by atoms with van der Waals surface area (Å²) < 4.78 is 1.07. The first-order valence-electron chi connectivity index (χ1n) is 12.3. The fourth-order valence-corrected chi connectivity index (χ4v) is 5.56. The molecule has 0 saturated heterocycles. The third-order valence-electron chi connectivity index (χ3n) is 7.01. The summed E-state index contributed by atoms with van der Waals surface area (Å²) in [5.74, 6) is 0. The molecule has 0 amide bonds. The normalized spacial score (nSPS) is 13.9. The molecule has 36 heavy (non-hydrogen) atoms. The molecule has 0 heterocycles. The van der Waals surface area contributed by atoms with E-state index in [4.69, 9.17) is 0 Å². The Hall–Kier alpha value is -3.62. The van der Waals surface area contributed by atoms with Crippen molar-refractivity contribution in [1.29, 1.82) is 0 Å². The van der Waals surface area contributed by atoms with Crippen molar-refractivity contribution in [3.8, 4) is 11.1 Å². The van der Waals surface area contributed by atoms with Gasteiger partial charge in [0.15, 0.2) is 0 Å². The molecular formula is C34H30BrN. The Labute approximate surface area is 223 Å². The van der Waals surface area contributed by atoms with Crippen LogP contribution in [-0.2, 0) is 5.41 Å². The molecule has 0 saturated carbocycles. The Kier molecular flexibility index (Phi) is 6.55. The second-order valence-electron chi connectivity index (χ2n) is 9.59. The zero-order chi connectivity index (χ0) is 25.3. The minimum atomic E-state index is -0.0476. The zero-order valence-corrected chi connectivity index (χ0v) is 22.6. The third kappa shape index (κ3) is 4.16. The summed E-state index contributed by atoms with van der Waals surface area (Å²) in [7, 11) is 0. The molecular weight excluding hydrogens is 502 g/mol.